The summed E-state index contributed by atoms with van der Waals surface area (Å²) in [5.74, 6) is 2.93. The normalized spacial score (nSPS) is 30.9. The molecule has 3 heterocycles. The fourth-order valence-electron chi connectivity index (χ4n) is 5.39. The summed E-state index contributed by atoms with van der Waals surface area (Å²) in [5.41, 5.74) is 9.06. The lowest BCUT2D eigenvalue weighted by atomic mass is 10.0. The van der Waals surface area contributed by atoms with Crippen LogP contribution in [-0.4, -0.2) is 40.6 Å². The zero-order valence-electron chi connectivity index (χ0n) is 16.3. The highest BCUT2D eigenvalue weighted by Crippen LogP contribution is 2.58. The summed E-state index contributed by atoms with van der Waals surface area (Å²) in [6, 6.07) is 0.235. The number of nitrogens with two attached hydrogens (primary N) is 1. The first-order valence-corrected chi connectivity index (χ1v) is 11.8. The molecule has 2 aromatic heterocycles. The molecule has 152 valence electrons. The maximum Gasteiger partial charge on any atom is 0.261 e. The van der Waals surface area contributed by atoms with E-state index in [4.69, 9.17) is 5.73 Å². The van der Waals surface area contributed by atoms with Crippen LogP contribution in [0.3, 0.4) is 0 Å². The van der Waals surface area contributed by atoms with Crippen molar-refractivity contribution < 1.29 is 8.42 Å². The van der Waals surface area contributed by atoms with E-state index in [2.05, 4.69) is 19.6 Å². The van der Waals surface area contributed by atoms with Crippen LogP contribution >= 0.6 is 0 Å². The van der Waals surface area contributed by atoms with E-state index in [0.717, 1.165) is 30.8 Å². The molecule has 6 rings (SSSR count). The Bertz CT molecular complexity index is 1200. The van der Waals surface area contributed by atoms with Gasteiger partial charge in [0.25, 0.3) is 10.0 Å². The van der Waals surface area contributed by atoms with Crippen LogP contribution in [0.4, 0.5) is 5.82 Å². The highest BCUT2D eigenvalue weighted by Gasteiger charge is 2.54. The van der Waals surface area contributed by atoms with Crippen molar-refractivity contribution in [3.63, 3.8) is 0 Å². The molecule has 2 N–H and O–H groups in total. The molecule has 0 unspecified atom stereocenters. The molecule has 3 aliphatic carbocycles. The molecule has 0 aromatic carbocycles. The van der Waals surface area contributed by atoms with Gasteiger partial charge >= 0.3 is 0 Å². The second-order valence-corrected chi connectivity index (χ2v) is 10.7. The summed E-state index contributed by atoms with van der Waals surface area (Å²) in [6.07, 6.45) is 9.29. The number of hydrogen-bond acceptors (Lipinski definition) is 6. The molecule has 1 aliphatic heterocycles. The highest BCUT2D eigenvalue weighted by atomic mass is 32.2. The number of sulfonamides is 1. The van der Waals surface area contributed by atoms with Crippen LogP contribution in [0.5, 0.6) is 0 Å². The van der Waals surface area contributed by atoms with Crippen molar-refractivity contribution in [2.75, 3.05) is 10.8 Å². The van der Waals surface area contributed by atoms with E-state index in [1.807, 2.05) is 13.0 Å². The van der Waals surface area contributed by atoms with Crippen molar-refractivity contribution in [1.29, 1.82) is 0 Å². The largest absolute Gasteiger partial charge is 0.327 e. The Hall–Kier alpha value is -2.26. The average Bonchev–Trinajstić information content (AvgIpc) is 3.04. The van der Waals surface area contributed by atoms with Crippen LogP contribution in [0, 0.1) is 11.8 Å². The predicted octanol–water partition coefficient (Wildman–Crippen LogP) is 1.89. The number of rotatable bonds is 3. The molecule has 8 nitrogen and oxygen atoms in total. The van der Waals surface area contributed by atoms with Gasteiger partial charge in [0.2, 0.25) is 0 Å². The van der Waals surface area contributed by atoms with Crippen molar-refractivity contribution >= 4 is 21.5 Å². The standard InChI is InChI=1S/C20H24N6O2S/c1-11-2-4-12(5-3-11)29(27,28)25-7-6-17-20(25)22-10-18-23-24-19(26(17)18)15-9-16(21)14-8-13(14)15/h2,4,10,13-16H,3,5-9,21H2,1H3/t13-,14+,15-,16+/m0/s1. The molecule has 0 saturated heterocycles. The quantitative estimate of drug-likeness (QED) is 0.825. The summed E-state index contributed by atoms with van der Waals surface area (Å²) >= 11 is 0. The van der Waals surface area contributed by atoms with Crippen LogP contribution in [-0.2, 0) is 16.4 Å². The number of allylic oxidation sites excluding steroid dienone is 4. The number of aromatic nitrogens is 4. The third-order valence-corrected chi connectivity index (χ3v) is 9.03. The second-order valence-electron chi connectivity index (χ2n) is 8.82. The molecule has 9 heteroatoms. The fraction of sp³-hybridized carbons (Fsp3) is 0.550. The van der Waals surface area contributed by atoms with E-state index >= 15 is 0 Å². The van der Waals surface area contributed by atoms with Gasteiger partial charge in [-0.1, -0.05) is 11.6 Å². The van der Waals surface area contributed by atoms with E-state index in [9.17, 15) is 8.42 Å². The van der Waals surface area contributed by atoms with E-state index in [0.29, 0.717) is 53.5 Å². The first-order valence-electron chi connectivity index (χ1n) is 10.3. The van der Waals surface area contributed by atoms with Crippen molar-refractivity contribution in [3.8, 4) is 0 Å². The Morgan fingerprint density at radius 2 is 1.97 bits per heavy atom. The Morgan fingerprint density at radius 1 is 1.10 bits per heavy atom. The first-order chi connectivity index (χ1) is 13.9. The Labute approximate surface area is 169 Å². The van der Waals surface area contributed by atoms with Gasteiger partial charge < -0.3 is 5.73 Å². The fourth-order valence-corrected chi connectivity index (χ4v) is 6.99. The van der Waals surface area contributed by atoms with Gasteiger partial charge in [0, 0.05) is 24.9 Å². The predicted molar refractivity (Wildman–Crippen MR) is 109 cm³/mol. The molecular formula is C20H24N6O2S. The van der Waals surface area contributed by atoms with Gasteiger partial charge in [-0.3, -0.25) is 4.40 Å². The minimum Gasteiger partial charge on any atom is -0.327 e. The molecule has 4 aliphatic rings. The van der Waals surface area contributed by atoms with Crippen molar-refractivity contribution in [2.24, 2.45) is 17.6 Å². The van der Waals surface area contributed by atoms with Crippen LogP contribution in [0.15, 0.2) is 28.8 Å². The first kappa shape index (κ1) is 17.6. The van der Waals surface area contributed by atoms with Crippen LogP contribution in [0.1, 0.15) is 50.0 Å². The maximum atomic E-state index is 13.3. The third kappa shape index (κ3) is 2.46. The van der Waals surface area contributed by atoms with Gasteiger partial charge in [0.05, 0.1) is 16.8 Å². The van der Waals surface area contributed by atoms with Gasteiger partial charge in [-0.2, -0.15) is 0 Å². The molecule has 4 atom stereocenters. The van der Waals surface area contributed by atoms with Crippen LogP contribution in [0.2, 0.25) is 0 Å². The molecule has 0 amide bonds. The molecule has 2 fully saturated rings. The summed E-state index contributed by atoms with van der Waals surface area (Å²) < 4.78 is 30.1. The molecule has 29 heavy (non-hydrogen) atoms. The van der Waals surface area contributed by atoms with Crippen molar-refractivity contribution in [2.45, 2.75) is 51.0 Å². The number of anilines is 1. The molecule has 0 spiro atoms. The van der Waals surface area contributed by atoms with Gasteiger partial charge in [0.1, 0.15) is 5.82 Å². The Kier molecular flexibility index (Phi) is 3.57. The van der Waals surface area contributed by atoms with Gasteiger partial charge in [0.15, 0.2) is 11.5 Å². The molecular weight excluding hydrogens is 388 g/mol. The van der Waals surface area contributed by atoms with Gasteiger partial charge in [-0.15, -0.1) is 10.2 Å². The van der Waals surface area contributed by atoms with Gasteiger partial charge in [-0.05, 0) is 50.5 Å². The zero-order valence-corrected chi connectivity index (χ0v) is 17.1. The Balaban J connectivity index is 1.43. The molecule has 0 bridgehead atoms. The molecule has 2 saturated carbocycles. The summed E-state index contributed by atoms with van der Waals surface area (Å²) in [6.45, 7) is 2.42. The third-order valence-electron chi connectivity index (χ3n) is 7.09. The highest BCUT2D eigenvalue weighted by molar-refractivity contribution is 7.96. The average molecular weight is 413 g/mol. The Morgan fingerprint density at radius 3 is 2.66 bits per heavy atom. The zero-order chi connectivity index (χ0) is 19.9. The van der Waals surface area contributed by atoms with E-state index in [1.54, 1.807) is 12.3 Å². The summed E-state index contributed by atoms with van der Waals surface area (Å²) in [5, 5.41) is 8.81. The van der Waals surface area contributed by atoms with E-state index in [1.165, 1.54) is 9.88 Å². The van der Waals surface area contributed by atoms with E-state index < -0.39 is 10.0 Å². The monoisotopic (exact) mass is 412 g/mol. The number of fused-ring (bicyclic) bond motifs is 4. The maximum absolute atomic E-state index is 13.3. The number of hydrogen-bond donors (Lipinski definition) is 1. The number of nitrogens with zero attached hydrogens (tertiary/aromatic N) is 5. The molecule has 2 aromatic rings. The lowest BCUT2D eigenvalue weighted by Gasteiger charge is -2.22. The minimum atomic E-state index is -3.58. The summed E-state index contributed by atoms with van der Waals surface area (Å²) in [7, 11) is -3.58. The minimum absolute atomic E-state index is 0.235. The molecule has 0 radical (unpaired) electrons. The second kappa shape index (κ2) is 5.89. The van der Waals surface area contributed by atoms with Crippen LogP contribution in [0.25, 0.3) is 5.65 Å². The summed E-state index contributed by atoms with van der Waals surface area (Å²) in [4.78, 5) is 4.95. The van der Waals surface area contributed by atoms with Crippen molar-refractivity contribution in [1.82, 2.24) is 19.6 Å². The SMILES string of the molecule is CC1=CC=C(S(=O)(=O)N2CCc3c2ncc2nnc([C@H]4C[C@@H](N)[C@@H]5C[C@@H]54)n32)CC1. The van der Waals surface area contributed by atoms with E-state index in [-0.39, 0.29) is 6.04 Å². The van der Waals surface area contributed by atoms with Crippen LogP contribution < -0.4 is 10.0 Å². The van der Waals surface area contributed by atoms with Crippen molar-refractivity contribution in [3.05, 3.63) is 40.3 Å². The topological polar surface area (TPSA) is 106 Å². The van der Waals surface area contributed by atoms with Gasteiger partial charge in [-0.25, -0.2) is 17.7 Å². The lowest BCUT2D eigenvalue weighted by Crippen LogP contribution is -2.31. The smallest absolute Gasteiger partial charge is 0.261 e. The lowest BCUT2D eigenvalue weighted by molar-refractivity contribution is 0.545.